The van der Waals surface area contributed by atoms with Gasteiger partial charge in [0.25, 0.3) is 5.91 Å². The van der Waals surface area contributed by atoms with Gasteiger partial charge in [0, 0.05) is 22.7 Å². The van der Waals surface area contributed by atoms with Gasteiger partial charge in [-0.25, -0.2) is 0 Å². The molecular weight excluding hydrogens is 350 g/mol. The number of nitrogens with zero attached hydrogens (tertiary/aromatic N) is 1. The van der Waals surface area contributed by atoms with Crippen molar-refractivity contribution in [2.24, 2.45) is 0 Å². The van der Waals surface area contributed by atoms with Gasteiger partial charge < -0.3 is 10.1 Å². The zero-order valence-electron chi connectivity index (χ0n) is 14.6. The molecule has 1 heterocycles. The number of nitrogens with one attached hydrogen (secondary N) is 2. The third-order valence-electron chi connectivity index (χ3n) is 3.79. The van der Waals surface area contributed by atoms with Crippen LogP contribution in [0.15, 0.2) is 54.7 Å². The van der Waals surface area contributed by atoms with Gasteiger partial charge in [-0.3, -0.25) is 9.89 Å². The first-order valence-corrected chi connectivity index (χ1v) is 8.74. The highest BCUT2D eigenvalue weighted by Crippen LogP contribution is 2.23. The molecule has 0 saturated carbocycles. The largest absolute Gasteiger partial charge is 0.491 e. The zero-order chi connectivity index (χ0) is 18.5. The number of hydrogen-bond acceptors (Lipinski definition) is 3. The van der Waals surface area contributed by atoms with Gasteiger partial charge in [0.05, 0.1) is 23.6 Å². The summed E-state index contributed by atoms with van der Waals surface area (Å²) in [5.41, 5.74) is 2.91. The van der Waals surface area contributed by atoms with E-state index in [2.05, 4.69) is 15.5 Å². The monoisotopic (exact) mass is 369 g/mol. The Bertz CT molecular complexity index is 888. The summed E-state index contributed by atoms with van der Waals surface area (Å²) in [6.45, 7) is 4.31. The Kier molecular flexibility index (Phi) is 5.58. The van der Waals surface area contributed by atoms with Crippen LogP contribution < -0.4 is 10.1 Å². The smallest absolute Gasteiger partial charge is 0.255 e. The minimum atomic E-state index is -0.206. The molecule has 2 N–H and O–H groups in total. The maximum Gasteiger partial charge on any atom is 0.255 e. The fourth-order valence-corrected chi connectivity index (χ4v) is 2.71. The molecule has 0 bridgehead atoms. The molecule has 26 heavy (non-hydrogen) atoms. The highest BCUT2D eigenvalue weighted by molar-refractivity contribution is 6.30. The number of halogens is 1. The number of amides is 1. The van der Waals surface area contributed by atoms with Crippen LogP contribution in [0.25, 0.3) is 11.3 Å². The lowest BCUT2D eigenvalue weighted by molar-refractivity contribution is 0.0951. The Morgan fingerprint density at radius 2 is 1.92 bits per heavy atom. The topological polar surface area (TPSA) is 67.0 Å². The first-order valence-electron chi connectivity index (χ1n) is 8.36. The van der Waals surface area contributed by atoms with Crippen molar-refractivity contribution in [2.75, 3.05) is 0 Å². The van der Waals surface area contributed by atoms with Crippen LogP contribution in [0.1, 0.15) is 29.8 Å². The maximum absolute atomic E-state index is 12.6. The van der Waals surface area contributed by atoms with E-state index in [1.807, 2.05) is 50.2 Å². The first-order chi connectivity index (χ1) is 12.5. The van der Waals surface area contributed by atoms with Crippen LogP contribution in [0.4, 0.5) is 0 Å². The summed E-state index contributed by atoms with van der Waals surface area (Å²) in [7, 11) is 0. The SMILES string of the molecule is CC(C)Oc1ccccc1CNC(=O)c1cn[nH]c1-c1ccc(Cl)cc1. The second-order valence-corrected chi connectivity index (χ2v) is 6.56. The summed E-state index contributed by atoms with van der Waals surface area (Å²) in [5.74, 6) is 0.566. The summed E-state index contributed by atoms with van der Waals surface area (Å²) >= 11 is 5.93. The van der Waals surface area contributed by atoms with Crippen LogP contribution in [0.5, 0.6) is 5.75 Å². The van der Waals surface area contributed by atoms with E-state index in [0.29, 0.717) is 22.8 Å². The van der Waals surface area contributed by atoms with Gasteiger partial charge in [-0.2, -0.15) is 5.10 Å². The molecule has 3 aromatic rings. The van der Waals surface area contributed by atoms with E-state index in [1.165, 1.54) is 6.20 Å². The summed E-state index contributed by atoms with van der Waals surface area (Å²) in [4.78, 5) is 12.6. The van der Waals surface area contributed by atoms with E-state index < -0.39 is 0 Å². The van der Waals surface area contributed by atoms with Gasteiger partial charge in [0.2, 0.25) is 0 Å². The summed E-state index contributed by atoms with van der Waals surface area (Å²) in [6, 6.07) is 14.9. The third kappa shape index (κ3) is 4.24. The molecule has 0 radical (unpaired) electrons. The van der Waals surface area contributed by atoms with Crippen LogP contribution in [0.3, 0.4) is 0 Å². The first kappa shape index (κ1) is 18.0. The highest BCUT2D eigenvalue weighted by Gasteiger charge is 2.16. The van der Waals surface area contributed by atoms with Gasteiger partial charge >= 0.3 is 0 Å². The standard InChI is InChI=1S/C20H20ClN3O2/c1-13(2)26-18-6-4-3-5-15(18)11-22-20(25)17-12-23-24-19(17)14-7-9-16(21)10-8-14/h3-10,12-13H,11H2,1-2H3,(H,22,25)(H,23,24). The molecule has 0 aliphatic heterocycles. The molecule has 0 spiro atoms. The number of aromatic nitrogens is 2. The number of H-pyrrole nitrogens is 1. The van der Waals surface area contributed by atoms with Crippen molar-refractivity contribution in [2.45, 2.75) is 26.5 Å². The molecule has 5 nitrogen and oxygen atoms in total. The van der Waals surface area contributed by atoms with Crippen LogP contribution in [-0.2, 0) is 6.54 Å². The van der Waals surface area contributed by atoms with Crippen molar-refractivity contribution in [1.82, 2.24) is 15.5 Å². The molecule has 2 aromatic carbocycles. The number of carbonyl (C=O) groups is 1. The van der Waals surface area contributed by atoms with E-state index >= 15 is 0 Å². The number of aromatic amines is 1. The van der Waals surface area contributed by atoms with Crippen molar-refractivity contribution < 1.29 is 9.53 Å². The molecule has 1 amide bonds. The van der Waals surface area contributed by atoms with Gasteiger partial charge in [0.15, 0.2) is 0 Å². The predicted octanol–water partition coefficient (Wildman–Crippen LogP) is 4.45. The maximum atomic E-state index is 12.6. The summed E-state index contributed by atoms with van der Waals surface area (Å²) in [6.07, 6.45) is 1.59. The third-order valence-corrected chi connectivity index (χ3v) is 4.04. The quantitative estimate of drug-likeness (QED) is 0.674. The molecule has 1 aromatic heterocycles. The van der Waals surface area contributed by atoms with E-state index in [4.69, 9.17) is 16.3 Å². The van der Waals surface area contributed by atoms with Gasteiger partial charge in [-0.15, -0.1) is 0 Å². The molecule has 0 saturated heterocycles. The number of carbonyl (C=O) groups excluding carboxylic acids is 1. The molecule has 3 rings (SSSR count). The van der Waals surface area contributed by atoms with Crippen molar-refractivity contribution in [1.29, 1.82) is 0 Å². The lowest BCUT2D eigenvalue weighted by Gasteiger charge is -2.14. The van der Waals surface area contributed by atoms with Crippen LogP contribution in [-0.4, -0.2) is 22.2 Å². The number of benzene rings is 2. The van der Waals surface area contributed by atoms with Gasteiger partial charge in [-0.1, -0.05) is 41.9 Å². The number of para-hydroxylation sites is 1. The fourth-order valence-electron chi connectivity index (χ4n) is 2.58. The van der Waals surface area contributed by atoms with Gasteiger partial charge in [0.1, 0.15) is 5.75 Å². The van der Waals surface area contributed by atoms with Gasteiger partial charge in [-0.05, 0) is 32.0 Å². The van der Waals surface area contributed by atoms with Crippen LogP contribution >= 0.6 is 11.6 Å². The van der Waals surface area contributed by atoms with E-state index in [9.17, 15) is 4.79 Å². The number of hydrogen-bond donors (Lipinski definition) is 2. The summed E-state index contributed by atoms with van der Waals surface area (Å²) in [5, 5.41) is 10.5. The molecular formula is C20H20ClN3O2. The van der Waals surface area contributed by atoms with E-state index in [-0.39, 0.29) is 12.0 Å². The molecule has 0 aliphatic carbocycles. The molecule has 0 aliphatic rings. The number of ether oxygens (including phenoxy) is 1. The predicted molar refractivity (Wildman–Crippen MR) is 102 cm³/mol. The Morgan fingerprint density at radius 3 is 2.65 bits per heavy atom. The Morgan fingerprint density at radius 1 is 1.19 bits per heavy atom. The van der Waals surface area contributed by atoms with Crippen molar-refractivity contribution >= 4 is 17.5 Å². The second-order valence-electron chi connectivity index (χ2n) is 6.12. The Balaban J connectivity index is 1.74. The Hall–Kier alpha value is -2.79. The fraction of sp³-hybridized carbons (Fsp3) is 0.200. The lowest BCUT2D eigenvalue weighted by Crippen LogP contribution is -2.23. The van der Waals surface area contributed by atoms with Crippen molar-refractivity contribution in [3.05, 3.63) is 70.9 Å². The van der Waals surface area contributed by atoms with E-state index in [1.54, 1.807) is 12.1 Å². The molecule has 0 atom stereocenters. The lowest BCUT2D eigenvalue weighted by atomic mass is 10.1. The minimum Gasteiger partial charge on any atom is -0.491 e. The van der Waals surface area contributed by atoms with Crippen molar-refractivity contribution in [3.8, 4) is 17.0 Å². The minimum absolute atomic E-state index is 0.0669. The van der Waals surface area contributed by atoms with Crippen molar-refractivity contribution in [3.63, 3.8) is 0 Å². The van der Waals surface area contributed by atoms with Crippen LogP contribution in [0.2, 0.25) is 5.02 Å². The van der Waals surface area contributed by atoms with Crippen LogP contribution in [0, 0.1) is 0 Å². The normalized spacial score (nSPS) is 10.8. The average Bonchev–Trinajstić information content (AvgIpc) is 3.11. The molecule has 6 heteroatoms. The zero-order valence-corrected chi connectivity index (χ0v) is 15.4. The molecule has 134 valence electrons. The molecule has 0 fully saturated rings. The summed E-state index contributed by atoms with van der Waals surface area (Å²) < 4.78 is 5.79. The second kappa shape index (κ2) is 8.06. The highest BCUT2D eigenvalue weighted by atomic mass is 35.5. The van der Waals surface area contributed by atoms with E-state index in [0.717, 1.165) is 16.9 Å². The molecule has 0 unspecified atom stereocenters. The Labute approximate surface area is 157 Å². The average molecular weight is 370 g/mol. The number of rotatable bonds is 6.